The summed E-state index contributed by atoms with van der Waals surface area (Å²) < 4.78 is 0. The standard InChI is InChI=1S/C43H38N6/c1-5-30-18-10-13-23-34(30)48-38-27-44-40(32-21-11-9-17-28(32)2)45-41(38)46(4)42(48)39-29(3)33-22-12-14-24-35(33)49-37-26-16-15-25-36(37)47(43(39)49)31-19-7-6-8-20-31/h5-27,29,39,42-43H,1H2,2-4H3. The van der Waals surface area contributed by atoms with Crippen LogP contribution in [0.3, 0.4) is 0 Å². The summed E-state index contributed by atoms with van der Waals surface area (Å²) in [6.45, 7) is 8.76. The van der Waals surface area contributed by atoms with Gasteiger partial charge in [-0.05, 0) is 65.9 Å². The van der Waals surface area contributed by atoms with Gasteiger partial charge in [0.05, 0.1) is 23.3 Å². The van der Waals surface area contributed by atoms with Crippen molar-refractivity contribution in [1.82, 2.24) is 9.97 Å². The van der Waals surface area contributed by atoms with Gasteiger partial charge in [0.25, 0.3) is 0 Å². The van der Waals surface area contributed by atoms with Gasteiger partial charge < -0.3 is 19.6 Å². The highest BCUT2D eigenvalue weighted by atomic mass is 15.5. The maximum Gasteiger partial charge on any atom is 0.161 e. The van der Waals surface area contributed by atoms with Crippen LogP contribution >= 0.6 is 0 Å². The molecule has 6 aromatic rings. The smallest absolute Gasteiger partial charge is 0.161 e. The van der Waals surface area contributed by atoms with Gasteiger partial charge in [0.1, 0.15) is 18.0 Å². The van der Waals surface area contributed by atoms with Gasteiger partial charge in [-0.15, -0.1) is 0 Å². The second-order valence-electron chi connectivity index (χ2n) is 13.3. The van der Waals surface area contributed by atoms with Crippen molar-refractivity contribution in [1.29, 1.82) is 0 Å². The lowest BCUT2D eigenvalue weighted by Crippen LogP contribution is -2.59. The molecule has 0 saturated carbocycles. The molecule has 1 aromatic heterocycles. The minimum absolute atomic E-state index is 0.0198. The first kappa shape index (κ1) is 29.3. The van der Waals surface area contributed by atoms with Crippen molar-refractivity contribution >= 4 is 46.0 Å². The van der Waals surface area contributed by atoms with Crippen molar-refractivity contribution < 1.29 is 0 Å². The zero-order valence-electron chi connectivity index (χ0n) is 28.0. The predicted octanol–water partition coefficient (Wildman–Crippen LogP) is 10.1. The monoisotopic (exact) mass is 638 g/mol. The molecule has 6 nitrogen and oxygen atoms in total. The summed E-state index contributed by atoms with van der Waals surface area (Å²) in [7, 11) is 2.21. The van der Waals surface area contributed by atoms with E-state index in [1.54, 1.807) is 0 Å². The van der Waals surface area contributed by atoms with Crippen LogP contribution in [0.5, 0.6) is 0 Å². The fourth-order valence-corrected chi connectivity index (χ4v) is 8.51. The number of para-hydroxylation sites is 5. The largest absolute Gasteiger partial charge is 0.337 e. The van der Waals surface area contributed by atoms with E-state index in [9.17, 15) is 0 Å². The van der Waals surface area contributed by atoms with Crippen LogP contribution in [0.4, 0.5) is 39.9 Å². The molecule has 0 saturated heterocycles. The Morgan fingerprint density at radius 1 is 0.633 bits per heavy atom. The third-order valence-electron chi connectivity index (χ3n) is 10.7. The lowest BCUT2D eigenvalue weighted by atomic mass is 9.77. The SMILES string of the molecule is C=Cc1ccccc1N1c2cnc(-c3ccccc3C)nc2N(C)C1C1C(C)c2ccccc2N2c3ccccc3N(c3ccccc3)C12. The number of aryl methyl sites for hydroxylation is 1. The van der Waals surface area contributed by atoms with Crippen molar-refractivity contribution in [3.8, 4) is 11.4 Å². The molecule has 0 bridgehead atoms. The molecule has 240 valence electrons. The van der Waals surface area contributed by atoms with E-state index in [1.165, 1.54) is 28.3 Å². The van der Waals surface area contributed by atoms with Gasteiger partial charge in [-0.2, -0.15) is 0 Å². The van der Waals surface area contributed by atoms with Crippen LogP contribution in [0.25, 0.3) is 17.5 Å². The van der Waals surface area contributed by atoms with Crippen LogP contribution in [0.15, 0.2) is 140 Å². The van der Waals surface area contributed by atoms with Gasteiger partial charge >= 0.3 is 0 Å². The number of hydrogen-bond acceptors (Lipinski definition) is 6. The highest BCUT2D eigenvalue weighted by Crippen LogP contribution is 2.59. The van der Waals surface area contributed by atoms with Crippen LogP contribution in [-0.4, -0.2) is 29.3 Å². The van der Waals surface area contributed by atoms with E-state index in [0.29, 0.717) is 0 Å². The van der Waals surface area contributed by atoms with E-state index >= 15 is 0 Å². The van der Waals surface area contributed by atoms with Crippen LogP contribution in [-0.2, 0) is 0 Å². The molecule has 3 aliphatic rings. The van der Waals surface area contributed by atoms with E-state index in [0.717, 1.165) is 39.7 Å². The highest BCUT2D eigenvalue weighted by Gasteiger charge is 2.55. The second-order valence-corrected chi connectivity index (χ2v) is 13.3. The number of aromatic nitrogens is 2. The van der Waals surface area contributed by atoms with Crippen molar-refractivity contribution in [2.75, 3.05) is 26.6 Å². The number of rotatable bonds is 5. The number of nitrogens with zero attached hydrogens (tertiary/aromatic N) is 6. The zero-order chi connectivity index (χ0) is 33.2. The molecule has 0 aliphatic carbocycles. The lowest BCUT2D eigenvalue weighted by molar-refractivity contribution is 0.298. The molecule has 0 fully saturated rings. The molecule has 4 heterocycles. The summed E-state index contributed by atoms with van der Waals surface area (Å²) in [4.78, 5) is 20.4. The molecule has 0 radical (unpaired) electrons. The third kappa shape index (κ3) is 4.33. The molecular formula is C43H38N6. The minimum atomic E-state index is -0.103. The molecule has 49 heavy (non-hydrogen) atoms. The molecule has 9 rings (SSSR count). The first-order valence-electron chi connectivity index (χ1n) is 17.0. The zero-order valence-corrected chi connectivity index (χ0v) is 28.0. The average Bonchev–Trinajstić information content (AvgIpc) is 3.64. The van der Waals surface area contributed by atoms with E-state index in [-0.39, 0.29) is 24.2 Å². The first-order valence-corrected chi connectivity index (χ1v) is 17.0. The quantitative estimate of drug-likeness (QED) is 0.187. The van der Waals surface area contributed by atoms with Crippen LogP contribution in [0.2, 0.25) is 0 Å². The van der Waals surface area contributed by atoms with E-state index in [4.69, 9.17) is 9.97 Å². The van der Waals surface area contributed by atoms with Gasteiger partial charge in [0.2, 0.25) is 0 Å². The molecule has 0 N–H and O–H groups in total. The highest BCUT2D eigenvalue weighted by molar-refractivity contribution is 5.91. The summed E-state index contributed by atoms with van der Waals surface area (Å²) in [5, 5.41) is 0. The minimum Gasteiger partial charge on any atom is -0.337 e. The Hall–Kier alpha value is -5.88. The molecule has 4 unspecified atom stereocenters. The van der Waals surface area contributed by atoms with Crippen molar-refractivity contribution in [2.24, 2.45) is 5.92 Å². The van der Waals surface area contributed by atoms with Gasteiger partial charge in [0, 0.05) is 29.9 Å². The predicted molar refractivity (Wildman–Crippen MR) is 202 cm³/mol. The summed E-state index contributed by atoms with van der Waals surface area (Å²) in [5.74, 6) is 1.95. The van der Waals surface area contributed by atoms with Crippen LogP contribution < -0.4 is 19.6 Å². The third-order valence-corrected chi connectivity index (χ3v) is 10.7. The molecule has 0 spiro atoms. The molecule has 4 atom stereocenters. The Labute approximate surface area is 288 Å². The van der Waals surface area contributed by atoms with E-state index < -0.39 is 0 Å². The summed E-state index contributed by atoms with van der Waals surface area (Å²) in [6, 6.07) is 45.6. The average molecular weight is 639 g/mol. The first-order chi connectivity index (χ1) is 24.1. The van der Waals surface area contributed by atoms with Crippen molar-refractivity contribution in [3.05, 3.63) is 157 Å². The maximum absolute atomic E-state index is 5.33. The Bertz CT molecular complexity index is 2210. The Balaban J connectivity index is 1.29. The Morgan fingerprint density at radius 3 is 2.00 bits per heavy atom. The van der Waals surface area contributed by atoms with Crippen molar-refractivity contribution in [3.63, 3.8) is 0 Å². The number of benzene rings is 5. The summed E-state index contributed by atoms with van der Waals surface area (Å²) >= 11 is 0. The lowest BCUT2D eigenvalue weighted by Gasteiger charge is -2.51. The van der Waals surface area contributed by atoms with Gasteiger partial charge in [-0.25, -0.2) is 9.97 Å². The Morgan fingerprint density at radius 2 is 1.24 bits per heavy atom. The summed E-state index contributed by atoms with van der Waals surface area (Å²) in [6.07, 6.45) is 3.86. The van der Waals surface area contributed by atoms with Crippen LogP contribution in [0.1, 0.15) is 29.5 Å². The van der Waals surface area contributed by atoms with Gasteiger partial charge in [-0.1, -0.05) is 111 Å². The van der Waals surface area contributed by atoms with E-state index in [2.05, 4.69) is 174 Å². The van der Waals surface area contributed by atoms with E-state index in [1.807, 2.05) is 12.3 Å². The molecular weight excluding hydrogens is 601 g/mol. The maximum atomic E-state index is 5.33. The molecule has 0 amide bonds. The number of fused-ring (bicyclic) bond motifs is 6. The normalized spacial score (nSPS) is 20.5. The Kier molecular flexibility index (Phi) is 6.80. The summed E-state index contributed by atoms with van der Waals surface area (Å²) in [5.41, 5.74) is 11.6. The van der Waals surface area contributed by atoms with Crippen molar-refractivity contribution in [2.45, 2.75) is 32.1 Å². The number of anilines is 7. The molecule has 3 aliphatic heterocycles. The van der Waals surface area contributed by atoms with Gasteiger partial charge in [0.15, 0.2) is 11.6 Å². The fraction of sp³-hybridized carbons (Fsp3) is 0.163. The van der Waals surface area contributed by atoms with Crippen LogP contribution in [0, 0.1) is 12.8 Å². The van der Waals surface area contributed by atoms with Gasteiger partial charge in [-0.3, -0.25) is 0 Å². The number of hydrogen-bond donors (Lipinski definition) is 0. The fourth-order valence-electron chi connectivity index (χ4n) is 8.51. The second kappa shape index (κ2) is 11.4. The topological polar surface area (TPSA) is 38.7 Å². The molecule has 6 heteroatoms. The molecule has 5 aromatic carbocycles.